The van der Waals surface area contributed by atoms with Crippen LogP contribution < -0.4 is 7.38 Å². The van der Waals surface area contributed by atoms with Crippen LogP contribution >= 0.6 is 0 Å². The molecular weight excluding hydrogens is 627 g/mol. The molecule has 0 fully saturated rings. The second kappa shape index (κ2) is 22.4. The van der Waals surface area contributed by atoms with E-state index in [4.69, 9.17) is 10.7 Å². The molecule has 8 heteroatoms. The SMILES string of the molecule is [MgH2].[Nb].[O]=[Ti]([O-])[O-].[Pb+2].[PbH2]. The maximum atomic E-state index is 8.58. The maximum absolute atomic E-state index is 8.58. The summed E-state index contributed by atoms with van der Waals surface area (Å²) in [6, 6.07) is 0. The van der Waals surface area contributed by atoms with Crippen LogP contribution in [0.3, 0.4) is 0 Å². The van der Waals surface area contributed by atoms with Gasteiger partial charge < -0.3 is 0 Å². The second-order valence-electron chi connectivity index (χ2n) is 0.250. The van der Waals surface area contributed by atoms with E-state index in [0.29, 0.717) is 0 Å². The van der Waals surface area contributed by atoms with E-state index in [9.17, 15) is 0 Å². The molecule has 0 bridgehead atoms. The average molecular weight is 632 g/mol. The molecule has 0 aromatic heterocycles. The van der Waals surface area contributed by atoms with Crippen molar-refractivity contribution in [3.8, 4) is 0 Å². The van der Waals surface area contributed by atoms with E-state index >= 15 is 0 Å². The van der Waals surface area contributed by atoms with Crippen LogP contribution in [0.5, 0.6) is 0 Å². The van der Waals surface area contributed by atoms with Gasteiger partial charge in [0.2, 0.25) is 0 Å². The van der Waals surface area contributed by atoms with Gasteiger partial charge in [0.25, 0.3) is 0 Å². The van der Waals surface area contributed by atoms with E-state index in [1.165, 1.54) is 0 Å². The monoisotopic (exact) mass is 633 g/mol. The first kappa shape index (κ1) is 29.8. The fourth-order valence-electron chi connectivity index (χ4n) is 0. The zero-order chi connectivity index (χ0) is 3.58. The third-order valence-electron chi connectivity index (χ3n) is 0. The molecule has 8 heavy (non-hydrogen) atoms. The van der Waals surface area contributed by atoms with Gasteiger partial charge in [-0.15, -0.1) is 0 Å². The molecule has 0 saturated heterocycles. The topological polar surface area (TPSA) is 63.2 Å². The number of rotatable bonds is 0. The summed E-state index contributed by atoms with van der Waals surface area (Å²) in [5, 5.41) is 0. The molecule has 0 heterocycles. The Bertz CT molecular complexity index is 40.3. The predicted molar refractivity (Wildman–Crippen MR) is 23.5 cm³/mol. The Labute approximate surface area is 126 Å². The molecule has 0 saturated carbocycles. The van der Waals surface area contributed by atoms with Crippen LogP contribution in [-0.4, -0.2) is 77.7 Å². The van der Waals surface area contributed by atoms with Crippen molar-refractivity contribution in [2.45, 2.75) is 0 Å². The van der Waals surface area contributed by atoms with Crippen molar-refractivity contribution in [3.63, 3.8) is 0 Å². The van der Waals surface area contributed by atoms with Gasteiger partial charge in [-0.3, -0.25) is 0 Å². The first-order chi connectivity index (χ1) is 1.73. The summed E-state index contributed by atoms with van der Waals surface area (Å²) in [5.41, 5.74) is 0. The molecule has 0 aliphatic rings. The van der Waals surface area contributed by atoms with Crippen LogP contribution in [0, 0.1) is 0 Å². The molecule has 5 radical (unpaired) electrons. The Morgan fingerprint density at radius 3 is 1.25 bits per heavy atom. The minimum absolute atomic E-state index is 0. The second-order valence-corrected chi connectivity index (χ2v) is 1.03. The summed E-state index contributed by atoms with van der Waals surface area (Å²) in [4.78, 5) is 0. The molecule has 0 unspecified atom stereocenters. The summed E-state index contributed by atoms with van der Waals surface area (Å²) in [7, 11) is 0. The first-order valence-corrected chi connectivity index (χ1v) is 2.52. The Kier molecular flexibility index (Phi) is 83.5. The van der Waals surface area contributed by atoms with Crippen molar-refractivity contribution in [2.24, 2.45) is 0 Å². The van der Waals surface area contributed by atoms with E-state index in [0.717, 1.165) is 0 Å². The van der Waals surface area contributed by atoms with Crippen LogP contribution in [0.1, 0.15) is 0 Å². The van der Waals surface area contributed by atoms with Gasteiger partial charge in [-0.05, 0) is 0 Å². The Morgan fingerprint density at radius 2 is 1.25 bits per heavy atom. The van der Waals surface area contributed by atoms with Crippen molar-refractivity contribution in [2.75, 3.05) is 0 Å². The Hall–Kier alpha value is 3.78. The molecule has 0 N–H and O–H groups in total. The molecule has 0 amide bonds. The fraction of sp³-hybridized carbons (Fsp3) is 0. The molecule has 0 aliphatic carbocycles. The fourth-order valence-corrected chi connectivity index (χ4v) is 0. The molecular formula is H4MgNbO3Pb2Ti. The number of hydrogen-bond donors (Lipinski definition) is 0. The quantitative estimate of drug-likeness (QED) is 0.253. The van der Waals surface area contributed by atoms with Crippen LogP contribution in [-0.2, 0) is 44.3 Å². The van der Waals surface area contributed by atoms with Gasteiger partial charge in [0, 0.05) is 22.4 Å². The van der Waals surface area contributed by atoms with E-state index < -0.39 is 18.6 Å². The van der Waals surface area contributed by atoms with Crippen molar-refractivity contribution in [1.82, 2.24) is 0 Å². The van der Waals surface area contributed by atoms with E-state index in [-0.39, 0.29) is 100 Å². The summed E-state index contributed by atoms with van der Waals surface area (Å²) < 4.78 is 25.8. The van der Waals surface area contributed by atoms with Crippen LogP contribution in [0.4, 0.5) is 0 Å². The summed E-state index contributed by atoms with van der Waals surface area (Å²) in [5.74, 6) is 0. The summed E-state index contributed by atoms with van der Waals surface area (Å²) in [6.45, 7) is 0. The van der Waals surface area contributed by atoms with E-state index in [1.807, 2.05) is 0 Å². The van der Waals surface area contributed by atoms with Crippen LogP contribution in [0.25, 0.3) is 0 Å². The van der Waals surface area contributed by atoms with Crippen LogP contribution in [0.2, 0.25) is 0 Å². The van der Waals surface area contributed by atoms with Crippen molar-refractivity contribution in [3.05, 3.63) is 0 Å². The molecule has 0 spiro atoms. The van der Waals surface area contributed by atoms with Gasteiger partial charge in [0.15, 0.2) is 0 Å². The first-order valence-electron chi connectivity index (χ1n) is 0.612. The summed E-state index contributed by atoms with van der Waals surface area (Å²) >= 11 is -4.08. The minimum atomic E-state index is -4.08. The Balaban J connectivity index is -0.00000000750. The van der Waals surface area contributed by atoms with E-state index in [2.05, 4.69) is 0 Å². The standard InChI is InChI=1S/Mg.Nb.3O.2Pb.Ti.4H/q;;;2*-1;;+2;;;;;. The van der Waals surface area contributed by atoms with Gasteiger partial charge >= 0.3 is 107 Å². The van der Waals surface area contributed by atoms with Crippen LogP contribution in [0.15, 0.2) is 0 Å². The third-order valence-corrected chi connectivity index (χ3v) is 0. The summed E-state index contributed by atoms with van der Waals surface area (Å²) in [6.07, 6.45) is 0. The Morgan fingerprint density at radius 1 is 1.25 bits per heavy atom. The van der Waals surface area contributed by atoms with Crippen molar-refractivity contribution >= 4 is 77.7 Å². The van der Waals surface area contributed by atoms with Gasteiger partial charge in [0.1, 0.15) is 0 Å². The molecule has 0 rings (SSSR count). The molecule has 0 aliphatic heterocycles. The van der Waals surface area contributed by atoms with Crippen molar-refractivity contribution < 1.29 is 51.7 Å². The predicted octanol–water partition coefficient (Wildman–Crippen LogP) is -4.71. The molecule has 0 aromatic carbocycles. The molecule has 3 nitrogen and oxygen atoms in total. The molecule has 0 aromatic rings. The zero-order valence-electron chi connectivity index (χ0n) is 3.38. The normalized spacial score (nSPS) is 3.25. The van der Waals surface area contributed by atoms with Crippen molar-refractivity contribution in [1.29, 1.82) is 0 Å². The van der Waals surface area contributed by atoms with Gasteiger partial charge in [-0.2, -0.15) is 0 Å². The van der Waals surface area contributed by atoms with Gasteiger partial charge in [0.05, 0.1) is 0 Å². The number of hydrogen-bond acceptors (Lipinski definition) is 3. The zero-order valence-corrected chi connectivity index (χ0v) is 16.5. The molecule has 41 valence electrons. The van der Waals surface area contributed by atoms with Gasteiger partial charge in [-0.25, -0.2) is 0 Å². The average Bonchev–Trinajstić information content (AvgIpc) is 0.811. The molecule has 0 atom stereocenters. The van der Waals surface area contributed by atoms with Gasteiger partial charge in [-0.1, -0.05) is 0 Å². The third kappa shape index (κ3) is 52.7. The van der Waals surface area contributed by atoms with E-state index in [1.54, 1.807) is 0 Å².